The van der Waals surface area contributed by atoms with Gasteiger partial charge in [0.05, 0.1) is 21.8 Å². The maximum Gasteiger partial charge on any atom is 0.139 e. The van der Waals surface area contributed by atoms with Crippen LogP contribution in [0.3, 0.4) is 0 Å². The molecule has 0 aliphatic carbocycles. The van der Waals surface area contributed by atoms with Crippen molar-refractivity contribution in [3.8, 4) is 11.5 Å². The summed E-state index contributed by atoms with van der Waals surface area (Å²) in [6, 6.07) is 42.9. The van der Waals surface area contributed by atoms with Crippen molar-refractivity contribution in [3.63, 3.8) is 0 Å². The molecule has 0 spiro atoms. The van der Waals surface area contributed by atoms with Crippen LogP contribution >= 0.6 is 7.92 Å². The predicted octanol–water partition coefficient (Wildman–Crippen LogP) is 9.14. The van der Waals surface area contributed by atoms with Crippen molar-refractivity contribution in [3.05, 3.63) is 149 Å². The van der Waals surface area contributed by atoms with Crippen LogP contribution in [0.4, 0.5) is 0 Å². The average molecular weight is 646 g/mol. The molecule has 0 saturated carbocycles. The van der Waals surface area contributed by atoms with E-state index in [2.05, 4.69) is 154 Å². The second-order valence-corrected chi connectivity index (χ2v) is 18.0. The SMILES string of the molecule is CC(C)c1ccccc1C(N[S@](=O)C(C)(C)C)c1cccc2c1Oc1c(P(c3ccccc3)c3ccccc3)cccc1C2(C)C. The standard InChI is InChI=1S/C41H44NO2PS/c1-28(2)31-22-14-15-23-32(31)37(42-46(43)40(3,4)5)33-24-16-25-34-38(33)44-39-35(41(34,6)7)26-17-27-36(39)45(29-18-10-8-11-19-29)30-20-12-9-13-21-30/h8-28,37,42H,1-7H3/t37?,46-/m1/s1. The average Bonchev–Trinajstić information content (AvgIpc) is 3.04. The molecule has 6 rings (SSSR count). The fraction of sp³-hybridized carbons (Fsp3) is 0.268. The summed E-state index contributed by atoms with van der Waals surface area (Å²) in [4.78, 5) is 0. The Morgan fingerprint density at radius 1 is 0.652 bits per heavy atom. The number of ether oxygens (including phenoxy) is 1. The van der Waals surface area contributed by atoms with Gasteiger partial charge in [0, 0.05) is 27.4 Å². The fourth-order valence-electron chi connectivity index (χ4n) is 6.40. The van der Waals surface area contributed by atoms with Gasteiger partial charge in [-0.3, -0.25) is 0 Å². The van der Waals surface area contributed by atoms with E-state index in [-0.39, 0.29) is 11.5 Å². The highest BCUT2D eigenvalue weighted by atomic mass is 32.2. The zero-order valence-corrected chi connectivity index (χ0v) is 29.6. The Hall–Kier alpha value is -3.56. The third-order valence-electron chi connectivity index (χ3n) is 8.88. The van der Waals surface area contributed by atoms with Crippen LogP contribution in [-0.4, -0.2) is 8.96 Å². The van der Waals surface area contributed by atoms with Crippen molar-refractivity contribution in [2.45, 2.75) is 70.6 Å². The number of benzene rings is 5. The minimum Gasteiger partial charge on any atom is -0.456 e. The van der Waals surface area contributed by atoms with Crippen LogP contribution < -0.4 is 25.4 Å². The van der Waals surface area contributed by atoms with E-state index in [9.17, 15) is 4.21 Å². The first kappa shape index (κ1) is 32.4. The molecule has 0 fully saturated rings. The molecule has 1 unspecified atom stereocenters. The Labute approximate surface area is 278 Å². The zero-order valence-electron chi connectivity index (χ0n) is 27.9. The fourth-order valence-corrected chi connectivity index (χ4v) is 9.62. The van der Waals surface area contributed by atoms with Crippen LogP contribution in [0.2, 0.25) is 0 Å². The summed E-state index contributed by atoms with van der Waals surface area (Å²) < 4.78 is 24.2. The van der Waals surface area contributed by atoms with Gasteiger partial charge in [-0.05, 0) is 56.3 Å². The van der Waals surface area contributed by atoms with E-state index >= 15 is 0 Å². The monoisotopic (exact) mass is 645 g/mol. The van der Waals surface area contributed by atoms with E-state index in [1.165, 1.54) is 27.0 Å². The molecular formula is C41H44NO2PS. The van der Waals surface area contributed by atoms with Crippen molar-refractivity contribution in [1.29, 1.82) is 0 Å². The van der Waals surface area contributed by atoms with Gasteiger partial charge in [-0.1, -0.05) is 149 Å². The molecule has 1 aliphatic rings. The smallest absolute Gasteiger partial charge is 0.139 e. The third-order valence-corrected chi connectivity index (χ3v) is 12.9. The van der Waals surface area contributed by atoms with Crippen LogP contribution in [0.25, 0.3) is 0 Å². The molecule has 5 heteroatoms. The van der Waals surface area contributed by atoms with Crippen LogP contribution in [0.15, 0.2) is 121 Å². The van der Waals surface area contributed by atoms with Crippen molar-refractivity contribution in [1.82, 2.24) is 4.72 Å². The van der Waals surface area contributed by atoms with Gasteiger partial charge < -0.3 is 4.74 Å². The first-order valence-electron chi connectivity index (χ1n) is 16.1. The van der Waals surface area contributed by atoms with E-state index in [0.717, 1.165) is 28.2 Å². The summed E-state index contributed by atoms with van der Waals surface area (Å²) in [5.74, 6) is 2.08. The normalized spacial score (nSPS) is 15.2. The van der Waals surface area contributed by atoms with Gasteiger partial charge in [0.25, 0.3) is 0 Å². The predicted molar refractivity (Wildman–Crippen MR) is 197 cm³/mol. The summed E-state index contributed by atoms with van der Waals surface area (Å²) >= 11 is 0. The molecule has 1 N–H and O–H groups in total. The molecule has 236 valence electrons. The molecule has 0 aromatic heterocycles. The Bertz CT molecular complexity index is 1820. The van der Waals surface area contributed by atoms with Crippen molar-refractivity contribution in [2.75, 3.05) is 0 Å². The lowest BCUT2D eigenvalue weighted by atomic mass is 9.74. The van der Waals surface area contributed by atoms with E-state index in [4.69, 9.17) is 4.74 Å². The molecule has 2 atom stereocenters. The quantitative estimate of drug-likeness (QED) is 0.171. The number of para-hydroxylation sites is 2. The lowest BCUT2D eigenvalue weighted by Gasteiger charge is -2.39. The second kappa shape index (κ2) is 12.9. The Morgan fingerprint density at radius 3 is 1.72 bits per heavy atom. The highest BCUT2D eigenvalue weighted by Gasteiger charge is 2.40. The van der Waals surface area contributed by atoms with Crippen LogP contribution in [0.5, 0.6) is 11.5 Å². The Balaban J connectivity index is 1.57. The Morgan fingerprint density at radius 2 is 1.15 bits per heavy atom. The lowest BCUT2D eigenvalue weighted by Crippen LogP contribution is -2.37. The number of rotatable bonds is 8. The first-order valence-corrected chi connectivity index (χ1v) is 18.6. The minimum absolute atomic E-state index is 0.299. The van der Waals surface area contributed by atoms with Gasteiger partial charge >= 0.3 is 0 Å². The second-order valence-electron chi connectivity index (χ2n) is 13.8. The van der Waals surface area contributed by atoms with E-state index in [0.29, 0.717) is 5.92 Å². The number of nitrogens with one attached hydrogen (secondary N) is 1. The van der Waals surface area contributed by atoms with Gasteiger partial charge in [0.2, 0.25) is 0 Å². The molecule has 5 aromatic carbocycles. The van der Waals surface area contributed by atoms with Crippen molar-refractivity contribution in [2.24, 2.45) is 0 Å². The van der Waals surface area contributed by atoms with Crippen molar-refractivity contribution >= 4 is 34.8 Å². The molecular weight excluding hydrogens is 601 g/mol. The van der Waals surface area contributed by atoms with Crippen LogP contribution in [0, 0.1) is 0 Å². The van der Waals surface area contributed by atoms with Gasteiger partial charge in [-0.25, -0.2) is 8.93 Å². The molecule has 1 aliphatic heterocycles. The molecule has 0 radical (unpaired) electrons. The summed E-state index contributed by atoms with van der Waals surface area (Å²) in [5.41, 5.74) is 5.35. The molecule has 1 heterocycles. The lowest BCUT2D eigenvalue weighted by molar-refractivity contribution is 0.413. The van der Waals surface area contributed by atoms with E-state index in [1.807, 2.05) is 20.8 Å². The minimum atomic E-state index is -1.32. The molecule has 46 heavy (non-hydrogen) atoms. The summed E-state index contributed by atoms with van der Waals surface area (Å²) in [5, 5.41) is 3.76. The molecule has 0 saturated heterocycles. The maximum absolute atomic E-state index is 13.8. The number of hydrogen-bond acceptors (Lipinski definition) is 2. The van der Waals surface area contributed by atoms with Gasteiger partial charge in [0.15, 0.2) is 0 Å². The molecule has 0 bridgehead atoms. The molecule has 3 nitrogen and oxygen atoms in total. The summed E-state index contributed by atoms with van der Waals surface area (Å²) in [7, 11) is -2.21. The highest BCUT2D eigenvalue weighted by molar-refractivity contribution is 7.84. The van der Waals surface area contributed by atoms with Gasteiger partial charge in [0.1, 0.15) is 11.5 Å². The molecule has 0 amide bonds. The number of hydrogen-bond donors (Lipinski definition) is 1. The molecule has 5 aromatic rings. The van der Waals surface area contributed by atoms with E-state index < -0.39 is 23.7 Å². The zero-order chi connectivity index (χ0) is 32.6. The topological polar surface area (TPSA) is 38.3 Å². The van der Waals surface area contributed by atoms with Crippen LogP contribution in [-0.2, 0) is 16.4 Å². The van der Waals surface area contributed by atoms with Gasteiger partial charge in [-0.2, -0.15) is 0 Å². The van der Waals surface area contributed by atoms with Crippen LogP contribution in [0.1, 0.15) is 88.2 Å². The largest absolute Gasteiger partial charge is 0.456 e. The maximum atomic E-state index is 13.8. The first-order chi connectivity index (χ1) is 22.0. The third kappa shape index (κ3) is 6.11. The number of fused-ring (bicyclic) bond motifs is 2. The van der Waals surface area contributed by atoms with E-state index in [1.54, 1.807) is 0 Å². The summed E-state index contributed by atoms with van der Waals surface area (Å²) in [6.45, 7) is 15.1. The van der Waals surface area contributed by atoms with Gasteiger partial charge in [-0.15, -0.1) is 0 Å². The van der Waals surface area contributed by atoms with Crippen molar-refractivity contribution < 1.29 is 8.95 Å². The Kier molecular flexibility index (Phi) is 9.09. The summed E-state index contributed by atoms with van der Waals surface area (Å²) in [6.07, 6.45) is 0. The highest BCUT2D eigenvalue weighted by Crippen LogP contribution is 2.53.